The maximum absolute atomic E-state index is 6.37. The number of hydrogen-bond donors (Lipinski definition) is 3. The van der Waals surface area contributed by atoms with Gasteiger partial charge in [0.1, 0.15) is 5.66 Å². The van der Waals surface area contributed by atoms with Crippen molar-refractivity contribution in [2.24, 2.45) is 17.4 Å². The van der Waals surface area contributed by atoms with Crippen molar-refractivity contribution >= 4 is 0 Å². The van der Waals surface area contributed by atoms with Crippen molar-refractivity contribution in [3.63, 3.8) is 0 Å². The van der Waals surface area contributed by atoms with Crippen LogP contribution < -0.4 is 16.8 Å². The molecular weight excluding hydrogens is 202 g/mol. The van der Waals surface area contributed by atoms with Crippen LogP contribution in [-0.2, 0) is 4.74 Å². The second-order valence-corrected chi connectivity index (χ2v) is 4.70. The largest absolute Gasteiger partial charge is 0.399 e. The highest BCUT2D eigenvalue weighted by Gasteiger charge is 2.39. The van der Waals surface area contributed by atoms with Crippen LogP contribution >= 0.6 is 0 Å². The van der Waals surface area contributed by atoms with Crippen molar-refractivity contribution in [1.29, 1.82) is 0 Å². The van der Waals surface area contributed by atoms with Crippen molar-refractivity contribution in [3.8, 4) is 0 Å². The molecule has 1 atom stereocenters. The Kier molecular flexibility index (Phi) is 3.21. The first-order chi connectivity index (χ1) is 7.66. The number of dihydropyridines is 1. The number of hydrogen-bond acceptors (Lipinski definition) is 4. The average Bonchev–Trinajstić information content (AvgIpc) is 2.33. The van der Waals surface area contributed by atoms with E-state index in [9.17, 15) is 0 Å². The van der Waals surface area contributed by atoms with Crippen LogP contribution in [0.1, 0.15) is 25.7 Å². The van der Waals surface area contributed by atoms with Crippen LogP contribution in [0.4, 0.5) is 0 Å². The molecule has 0 saturated heterocycles. The molecule has 2 aliphatic rings. The molecule has 0 bridgehead atoms. The Hall–Kier alpha value is -1.00. The van der Waals surface area contributed by atoms with Crippen LogP contribution in [0.3, 0.4) is 0 Å². The SMILES string of the molecule is COC1CCC(C2(N)NC=CC=C2N)CC1. The van der Waals surface area contributed by atoms with E-state index in [0.717, 1.165) is 31.4 Å². The van der Waals surface area contributed by atoms with Crippen LogP contribution in [-0.4, -0.2) is 18.9 Å². The zero-order valence-corrected chi connectivity index (χ0v) is 9.78. The lowest BCUT2D eigenvalue weighted by molar-refractivity contribution is 0.0428. The van der Waals surface area contributed by atoms with Gasteiger partial charge in [0.2, 0.25) is 0 Å². The molecule has 0 aromatic carbocycles. The average molecular weight is 223 g/mol. The minimum Gasteiger partial charge on any atom is -0.399 e. The summed E-state index contributed by atoms with van der Waals surface area (Å²) < 4.78 is 5.37. The standard InChI is InChI=1S/C12H21N3O/c1-16-10-6-4-9(5-7-10)12(14)11(13)3-2-8-15-12/h2-3,8-10,15H,4-7,13-14H2,1H3. The molecule has 1 saturated carbocycles. The second-order valence-electron chi connectivity index (χ2n) is 4.70. The molecule has 1 fully saturated rings. The summed E-state index contributed by atoms with van der Waals surface area (Å²) in [6, 6.07) is 0. The molecule has 5 N–H and O–H groups in total. The van der Waals surface area contributed by atoms with E-state index in [1.807, 2.05) is 18.4 Å². The lowest BCUT2D eigenvalue weighted by Crippen LogP contribution is -2.61. The molecule has 0 spiro atoms. The molecule has 0 aromatic heterocycles. The summed E-state index contributed by atoms with van der Waals surface area (Å²) in [6.07, 6.45) is 10.3. The van der Waals surface area contributed by atoms with E-state index in [0.29, 0.717) is 12.0 Å². The van der Waals surface area contributed by atoms with Crippen LogP contribution in [0.5, 0.6) is 0 Å². The van der Waals surface area contributed by atoms with E-state index < -0.39 is 5.66 Å². The Balaban J connectivity index is 2.03. The molecule has 0 radical (unpaired) electrons. The minimum atomic E-state index is -0.562. The first-order valence-corrected chi connectivity index (χ1v) is 5.89. The van der Waals surface area contributed by atoms with Gasteiger partial charge >= 0.3 is 0 Å². The van der Waals surface area contributed by atoms with E-state index in [2.05, 4.69) is 5.32 Å². The molecule has 1 unspecified atom stereocenters. The zero-order valence-electron chi connectivity index (χ0n) is 9.78. The van der Waals surface area contributed by atoms with Gasteiger partial charge in [-0.3, -0.25) is 0 Å². The summed E-state index contributed by atoms with van der Waals surface area (Å²) in [6.45, 7) is 0. The molecule has 0 aromatic rings. The van der Waals surface area contributed by atoms with Crippen molar-refractivity contribution in [1.82, 2.24) is 5.32 Å². The first kappa shape index (κ1) is 11.5. The molecule has 2 rings (SSSR count). The van der Waals surface area contributed by atoms with Gasteiger partial charge in [-0.05, 0) is 44.0 Å². The fourth-order valence-electron chi connectivity index (χ4n) is 2.67. The quantitative estimate of drug-likeness (QED) is 0.647. The van der Waals surface area contributed by atoms with Gasteiger partial charge in [0, 0.05) is 18.7 Å². The van der Waals surface area contributed by atoms with E-state index in [1.54, 1.807) is 7.11 Å². The predicted molar refractivity (Wildman–Crippen MR) is 64.2 cm³/mol. The number of ether oxygens (including phenoxy) is 1. The van der Waals surface area contributed by atoms with Crippen LogP contribution in [0.2, 0.25) is 0 Å². The Morgan fingerprint density at radius 1 is 1.38 bits per heavy atom. The van der Waals surface area contributed by atoms with Crippen molar-refractivity contribution in [2.75, 3.05) is 7.11 Å². The third-order valence-corrected chi connectivity index (χ3v) is 3.82. The van der Waals surface area contributed by atoms with Gasteiger partial charge in [-0.1, -0.05) is 0 Å². The third kappa shape index (κ3) is 1.95. The molecule has 0 amide bonds. The van der Waals surface area contributed by atoms with Gasteiger partial charge in [-0.25, -0.2) is 0 Å². The number of nitrogens with two attached hydrogens (primary N) is 2. The van der Waals surface area contributed by atoms with E-state index in [4.69, 9.17) is 16.2 Å². The molecule has 1 aliphatic heterocycles. The fourth-order valence-corrected chi connectivity index (χ4v) is 2.67. The molecular formula is C12H21N3O. The highest BCUT2D eigenvalue weighted by atomic mass is 16.5. The van der Waals surface area contributed by atoms with Crippen molar-refractivity contribution < 1.29 is 4.74 Å². The van der Waals surface area contributed by atoms with Gasteiger partial charge in [0.15, 0.2) is 0 Å². The molecule has 4 heteroatoms. The Morgan fingerprint density at radius 3 is 2.62 bits per heavy atom. The summed E-state index contributed by atoms with van der Waals surface area (Å²) in [5.74, 6) is 0.389. The summed E-state index contributed by atoms with van der Waals surface area (Å²) in [5.41, 5.74) is 12.5. The normalized spacial score (nSPS) is 39.0. The monoisotopic (exact) mass is 223 g/mol. The van der Waals surface area contributed by atoms with Crippen LogP contribution in [0.15, 0.2) is 24.0 Å². The minimum absolute atomic E-state index is 0.389. The Labute approximate surface area is 96.7 Å². The summed E-state index contributed by atoms with van der Waals surface area (Å²) in [4.78, 5) is 0. The van der Waals surface area contributed by atoms with Gasteiger partial charge < -0.3 is 21.5 Å². The highest BCUT2D eigenvalue weighted by molar-refractivity contribution is 5.27. The number of methoxy groups -OCH3 is 1. The van der Waals surface area contributed by atoms with Crippen LogP contribution in [0, 0.1) is 5.92 Å². The van der Waals surface area contributed by atoms with Gasteiger partial charge in [0.05, 0.1) is 6.10 Å². The fraction of sp³-hybridized carbons (Fsp3) is 0.667. The zero-order chi connectivity index (χ0) is 11.6. The molecule has 1 heterocycles. The van der Waals surface area contributed by atoms with Gasteiger partial charge in [-0.2, -0.15) is 0 Å². The van der Waals surface area contributed by atoms with E-state index >= 15 is 0 Å². The molecule has 4 nitrogen and oxygen atoms in total. The summed E-state index contributed by atoms with van der Waals surface area (Å²) >= 11 is 0. The smallest absolute Gasteiger partial charge is 0.129 e. The van der Waals surface area contributed by atoms with Gasteiger partial charge in [0.25, 0.3) is 0 Å². The summed E-state index contributed by atoms with van der Waals surface area (Å²) in [5, 5.41) is 3.21. The molecule has 16 heavy (non-hydrogen) atoms. The number of allylic oxidation sites excluding steroid dienone is 2. The van der Waals surface area contributed by atoms with Crippen molar-refractivity contribution in [3.05, 3.63) is 24.0 Å². The first-order valence-electron chi connectivity index (χ1n) is 5.89. The maximum atomic E-state index is 6.37. The lowest BCUT2D eigenvalue weighted by Gasteiger charge is -2.42. The summed E-state index contributed by atoms with van der Waals surface area (Å²) in [7, 11) is 1.78. The predicted octanol–water partition coefficient (Wildman–Crippen LogP) is 0.806. The Bertz CT molecular complexity index is 305. The number of nitrogens with one attached hydrogen (secondary N) is 1. The van der Waals surface area contributed by atoms with Crippen LogP contribution in [0.25, 0.3) is 0 Å². The maximum Gasteiger partial charge on any atom is 0.129 e. The van der Waals surface area contributed by atoms with E-state index in [-0.39, 0.29) is 0 Å². The topological polar surface area (TPSA) is 73.3 Å². The van der Waals surface area contributed by atoms with Crippen molar-refractivity contribution in [2.45, 2.75) is 37.5 Å². The highest BCUT2D eigenvalue weighted by Crippen LogP contribution is 2.34. The van der Waals surface area contributed by atoms with E-state index in [1.165, 1.54) is 0 Å². The Morgan fingerprint density at radius 2 is 2.06 bits per heavy atom. The molecule has 1 aliphatic carbocycles. The second kappa shape index (κ2) is 4.47. The molecule has 90 valence electrons. The third-order valence-electron chi connectivity index (χ3n) is 3.82. The number of rotatable bonds is 2. The van der Waals surface area contributed by atoms with Gasteiger partial charge in [-0.15, -0.1) is 0 Å². The lowest BCUT2D eigenvalue weighted by atomic mass is 9.77.